The molecular formula is C15H15BN3O+. The van der Waals surface area contributed by atoms with Crippen molar-refractivity contribution < 1.29 is 9.10 Å². The van der Waals surface area contributed by atoms with E-state index in [4.69, 9.17) is 4.42 Å². The minimum absolute atomic E-state index is 0.238. The van der Waals surface area contributed by atoms with Gasteiger partial charge in [-0.1, -0.05) is 23.0 Å². The summed E-state index contributed by atoms with van der Waals surface area (Å²) in [5, 5.41) is 2.30. The maximum atomic E-state index is 5.93. The van der Waals surface area contributed by atoms with Gasteiger partial charge in [0, 0.05) is 11.5 Å². The molecule has 0 spiro atoms. The first-order valence-corrected chi connectivity index (χ1v) is 6.77. The van der Waals surface area contributed by atoms with E-state index in [0.717, 1.165) is 21.6 Å². The number of furan rings is 1. The van der Waals surface area contributed by atoms with E-state index in [1.54, 1.807) is 0 Å². The lowest BCUT2D eigenvalue weighted by Gasteiger charge is -2.18. The number of aromatic nitrogens is 2. The molecule has 4 nitrogen and oxygen atoms in total. The molecule has 0 atom stereocenters. The van der Waals surface area contributed by atoms with Crippen LogP contribution in [0.2, 0.25) is 6.82 Å². The van der Waals surface area contributed by atoms with E-state index in [1.165, 1.54) is 0 Å². The van der Waals surface area contributed by atoms with Gasteiger partial charge in [-0.25, -0.2) is 4.92 Å². The van der Waals surface area contributed by atoms with Gasteiger partial charge >= 0.3 is 6.85 Å². The molecule has 3 heterocycles. The smallest absolute Gasteiger partial charge is 0.428 e. The van der Waals surface area contributed by atoms with Crippen molar-refractivity contribution in [3.8, 4) is 0 Å². The summed E-state index contributed by atoms with van der Waals surface area (Å²) in [6, 6.07) is 10.2. The van der Waals surface area contributed by atoms with E-state index in [-0.39, 0.29) is 6.85 Å². The third-order valence-corrected chi connectivity index (χ3v) is 3.81. The fourth-order valence-electron chi connectivity index (χ4n) is 2.79. The van der Waals surface area contributed by atoms with Crippen LogP contribution >= 0.6 is 0 Å². The molecular weight excluding hydrogens is 249 g/mol. The Morgan fingerprint density at radius 3 is 2.85 bits per heavy atom. The third kappa shape index (κ3) is 1.53. The highest BCUT2D eigenvalue weighted by Gasteiger charge is 2.28. The summed E-state index contributed by atoms with van der Waals surface area (Å²) in [7, 11) is 2.03. The lowest BCUT2D eigenvalue weighted by Crippen LogP contribution is -2.56. The van der Waals surface area contributed by atoms with E-state index in [1.807, 2.05) is 48.4 Å². The Morgan fingerprint density at radius 2 is 2.05 bits per heavy atom. The molecule has 0 bridgehead atoms. The molecule has 4 rings (SSSR count). The van der Waals surface area contributed by atoms with Gasteiger partial charge in [0.2, 0.25) is 0 Å². The van der Waals surface area contributed by atoms with Crippen LogP contribution < -0.4 is 20.2 Å². The van der Waals surface area contributed by atoms with E-state index < -0.39 is 0 Å². The zero-order chi connectivity index (χ0) is 13.7. The Morgan fingerprint density at radius 1 is 1.20 bits per heavy atom. The fourth-order valence-corrected chi connectivity index (χ4v) is 2.79. The molecule has 0 aliphatic carbocycles. The van der Waals surface area contributed by atoms with Crippen LogP contribution in [0.1, 0.15) is 0 Å². The van der Waals surface area contributed by atoms with Crippen LogP contribution in [-0.4, -0.2) is 11.6 Å². The van der Waals surface area contributed by atoms with Crippen LogP contribution in [0.25, 0.3) is 23.1 Å². The van der Waals surface area contributed by atoms with Gasteiger partial charge in [-0.2, -0.15) is 4.68 Å². The normalized spacial score (nSPS) is 14.1. The minimum atomic E-state index is 0.238. The molecule has 3 aromatic rings. The van der Waals surface area contributed by atoms with Crippen LogP contribution in [0, 0.1) is 0 Å². The number of hydrogen-bond donors (Lipinski definition) is 0. The summed E-state index contributed by atoms with van der Waals surface area (Å²) in [6.07, 6.45) is 6.24. The summed E-state index contributed by atoms with van der Waals surface area (Å²) >= 11 is 0. The largest absolute Gasteiger partial charge is 0.457 e. The molecule has 0 N–H and O–H groups in total. The van der Waals surface area contributed by atoms with Gasteiger partial charge in [-0.15, -0.1) is 0 Å². The number of para-hydroxylation sites is 1. The zero-order valence-corrected chi connectivity index (χ0v) is 11.5. The van der Waals surface area contributed by atoms with E-state index >= 15 is 0 Å². The standard InChI is InChI=1S/C15H15BN3O/c1-16-10-15-13(12-6-3-4-7-14(12)20-15)11-18(16)19-9-5-8-17(19)2/h3-11H,1-2H3/q+1. The molecule has 0 saturated carbocycles. The molecule has 2 aromatic heterocycles. The van der Waals surface area contributed by atoms with E-state index in [2.05, 4.69) is 34.8 Å². The Labute approximate surface area is 116 Å². The molecule has 0 amide bonds. The van der Waals surface area contributed by atoms with Gasteiger partial charge in [0.05, 0.1) is 11.4 Å². The lowest BCUT2D eigenvalue weighted by molar-refractivity contribution is -0.750. The van der Waals surface area contributed by atoms with Gasteiger partial charge in [0.1, 0.15) is 30.4 Å². The lowest BCUT2D eigenvalue weighted by atomic mass is 9.63. The highest BCUT2D eigenvalue weighted by Crippen LogP contribution is 2.09. The molecule has 5 heteroatoms. The Balaban J connectivity index is 2.01. The molecule has 1 aromatic carbocycles. The highest BCUT2D eigenvalue weighted by atomic mass is 16.3. The van der Waals surface area contributed by atoms with Crippen molar-refractivity contribution in [1.29, 1.82) is 0 Å². The van der Waals surface area contributed by atoms with Crippen molar-refractivity contribution in [3.63, 3.8) is 0 Å². The van der Waals surface area contributed by atoms with Crippen molar-refractivity contribution in [2.45, 2.75) is 6.82 Å². The summed E-state index contributed by atoms with van der Waals surface area (Å²) < 4.78 is 7.98. The second-order valence-corrected chi connectivity index (χ2v) is 5.18. The van der Waals surface area contributed by atoms with Gasteiger partial charge in [0.15, 0.2) is 0 Å². The maximum Gasteiger partial charge on any atom is 0.428 e. The maximum absolute atomic E-state index is 5.93. The predicted molar refractivity (Wildman–Crippen MR) is 79.8 cm³/mol. The molecule has 98 valence electrons. The van der Waals surface area contributed by atoms with Crippen LogP contribution in [0.5, 0.6) is 0 Å². The number of rotatable bonds is 1. The van der Waals surface area contributed by atoms with E-state index in [0.29, 0.717) is 0 Å². The minimum Gasteiger partial charge on any atom is -0.457 e. The Hall–Kier alpha value is -2.43. The number of aryl methyl sites for hydroxylation is 1. The Kier molecular flexibility index (Phi) is 2.30. The van der Waals surface area contributed by atoms with Gasteiger partial charge in [-0.3, -0.25) is 0 Å². The van der Waals surface area contributed by atoms with Crippen molar-refractivity contribution in [2.24, 2.45) is 7.05 Å². The Bertz CT molecular complexity index is 909. The average molecular weight is 264 g/mol. The zero-order valence-electron chi connectivity index (χ0n) is 11.5. The third-order valence-electron chi connectivity index (χ3n) is 3.81. The molecule has 1 aliphatic heterocycles. The summed E-state index contributed by atoms with van der Waals surface area (Å²) in [6.45, 7) is 2.40. The second kappa shape index (κ2) is 4.03. The van der Waals surface area contributed by atoms with Gasteiger partial charge < -0.3 is 4.42 Å². The SMILES string of the molecule is CB1C=c2oc3ccccc3c2=CN1n1ccc[n+]1C. The number of benzene rings is 1. The van der Waals surface area contributed by atoms with Crippen LogP contribution in [0.15, 0.2) is 47.1 Å². The van der Waals surface area contributed by atoms with Crippen LogP contribution in [-0.2, 0) is 7.05 Å². The molecule has 20 heavy (non-hydrogen) atoms. The molecule has 1 aliphatic rings. The number of fused-ring (bicyclic) bond motifs is 3. The van der Waals surface area contributed by atoms with Crippen molar-refractivity contribution in [3.05, 3.63) is 53.4 Å². The highest BCUT2D eigenvalue weighted by molar-refractivity contribution is 6.75. The van der Waals surface area contributed by atoms with Crippen LogP contribution in [0.4, 0.5) is 0 Å². The van der Waals surface area contributed by atoms with Crippen molar-refractivity contribution >= 4 is 30.0 Å². The van der Waals surface area contributed by atoms with Gasteiger partial charge in [0.25, 0.3) is 0 Å². The molecule has 0 unspecified atom stereocenters. The quantitative estimate of drug-likeness (QED) is 0.469. The first kappa shape index (κ1) is 11.4. The number of hydrogen-bond acceptors (Lipinski definition) is 2. The first-order valence-electron chi connectivity index (χ1n) is 6.77. The summed E-state index contributed by atoms with van der Waals surface area (Å²) in [5.74, 6) is 2.16. The predicted octanol–water partition coefficient (Wildman–Crippen LogP) is 0.390. The topological polar surface area (TPSA) is 25.2 Å². The molecule has 0 radical (unpaired) electrons. The first-order chi connectivity index (χ1) is 9.74. The monoisotopic (exact) mass is 264 g/mol. The van der Waals surface area contributed by atoms with Gasteiger partial charge in [-0.05, 0) is 18.9 Å². The van der Waals surface area contributed by atoms with Crippen molar-refractivity contribution in [1.82, 2.24) is 4.79 Å². The van der Waals surface area contributed by atoms with Crippen molar-refractivity contribution in [2.75, 3.05) is 4.92 Å². The van der Waals surface area contributed by atoms with E-state index in [9.17, 15) is 0 Å². The summed E-state index contributed by atoms with van der Waals surface area (Å²) in [5.41, 5.74) is 1.90. The van der Waals surface area contributed by atoms with Crippen LogP contribution in [0.3, 0.4) is 0 Å². The molecule has 0 fully saturated rings. The molecule has 0 saturated heterocycles. The fraction of sp³-hybridized carbons (Fsp3) is 0.133. The average Bonchev–Trinajstić information content (AvgIpc) is 3.01. The number of nitrogens with zero attached hydrogens (tertiary/aromatic N) is 3. The summed E-state index contributed by atoms with van der Waals surface area (Å²) in [4.78, 5) is 4.29. The second-order valence-electron chi connectivity index (χ2n) is 5.18.